The lowest BCUT2D eigenvalue weighted by molar-refractivity contribution is 0.203. The second-order valence-electron chi connectivity index (χ2n) is 6.67. The van der Waals surface area contributed by atoms with Gasteiger partial charge in [-0.05, 0) is 24.3 Å². The van der Waals surface area contributed by atoms with Crippen LogP contribution in [-0.2, 0) is 6.42 Å². The SMILES string of the molecule is OCC(Cc1ccccc1)N[CH]NC(CO)CC1CCCCC1. The van der Waals surface area contributed by atoms with E-state index in [1.807, 2.05) is 18.2 Å². The van der Waals surface area contributed by atoms with Crippen molar-refractivity contribution < 1.29 is 10.2 Å². The summed E-state index contributed by atoms with van der Waals surface area (Å²) in [6, 6.07) is 10.2. The van der Waals surface area contributed by atoms with Crippen LogP contribution in [0.15, 0.2) is 30.3 Å². The van der Waals surface area contributed by atoms with Gasteiger partial charge >= 0.3 is 0 Å². The first-order valence-corrected chi connectivity index (χ1v) is 8.91. The molecule has 23 heavy (non-hydrogen) atoms. The predicted octanol–water partition coefficient (Wildman–Crippen LogP) is 2.22. The van der Waals surface area contributed by atoms with E-state index >= 15 is 0 Å². The van der Waals surface area contributed by atoms with Crippen LogP contribution < -0.4 is 10.6 Å². The van der Waals surface area contributed by atoms with Crippen LogP contribution in [0.4, 0.5) is 0 Å². The molecular weight excluding hydrogens is 288 g/mol. The Morgan fingerprint density at radius 2 is 1.61 bits per heavy atom. The molecule has 2 unspecified atom stereocenters. The lowest BCUT2D eigenvalue weighted by Gasteiger charge is -2.26. The summed E-state index contributed by atoms with van der Waals surface area (Å²) in [5.41, 5.74) is 1.20. The van der Waals surface area contributed by atoms with E-state index in [1.54, 1.807) is 6.67 Å². The Morgan fingerprint density at radius 1 is 0.957 bits per heavy atom. The standard InChI is InChI=1S/C19H31N2O2/c22-13-18(11-16-7-3-1-4-8-16)20-15-21-19(14-23)12-17-9-5-2-6-10-17/h1,3-4,7-8,15,17-23H,2,5-6,9-14H2. The number of aliphatic hydroxyl groups excluding tert-OH is 2. The summed E-state index contributed by atoms with van der Waals surface area (Å²) in [4.78, 5) is 0. The van der Waals surface area contributed by atoms with Crippen molar-refractivity contribution in [1.82, 2.24) is 10.6 Å². The van der Waals surface area contributed by atoms with Gasteiger partial charge in [0, 0.05) is 12.1 Å². The van der Waals surface area contributed by atoms with Gasteiger partial charge in [-0.2, -0.15) is 0 Å². The van der Waals surface area contributed by atoms with Gasteiger partial charge in [-0.15, -0.1) is 0 Å². The average Bonchev–Trinajstić information content (AvgIpc) is 2.61. The van der Waals surface area contributed by atoms with Crippen LogP contribution in [-0.4, -0.2) is 35.5 Å². The fourth-order valence-corrected chi connectivity index (χ4v) is 3.38. The summed E-state index contributed by atoms with van der Waals surface area (Å²) in [5, 5.41) is 25.6. The van der Waals surface area contributed by atoms with E-state index in [9.17, 15) is 10.2 Å². The monoisotopic (exact) mass is 319 g/mol. The summed E-state index contributed by atoms with van der Waals surface area (Å²) in [6.07, 6.45) is 8.40. The highest BCUT2D eigenvalue weighted by Gasteiger charge is 2.18. The third-order valence-electron chi connectivity index (χ3n) is 4.75. The van der Waals surface area contributed by atoms with Crippen LogP contribution in [0.3, 0.4) is 0 Å². The molecule has 2 atom stereocenters. The third-order valence-corrected chi connectivity index (χ3v) is 4.75. The van der Waals surface area contributed by atoms with Crippen molar-refractivity contribution >= 4 is 0 Å². The summed E-state index contributed by atoms with van der Waals surface area (Å²) >= 11 is 0. The lowest BCUT2D eigenvalue weighted by atomic mass is 9.85. The topological polar surface area (TPSA) is 64.5 Å². The van der Waals surface area contributed by atoms with Gasteiger partial charge in [0.1, 0.15) is 0 Å². The average molecular weight is 319 g/mol. The Hall–Kier alpha value is -0.940. The van der Waals surface area contributed by atoms with Gasteiger partial charge in [0.25, 0.3) is 0 Å². The van der Waals surface area contributed by atoms with Crippen molar-refractivity contribution in [3.8, 4) is 0 Å². The first-order valence-electron chi connectivity index (χ1n) is 8.91. The molecule has 1 saturated carbocycles. The van der Waals surface area contributed by atoms with Crippen LogP contribution in [0.25, 0.3) is 0 Å². The van der Waals surface area contributed by atoms with Crippen molar-refractivity contribution in [3.05, 3.63) is 42.6 Å². The molecule has 4 nitrogen and oxygen atoms in total. The largest absolute Gasteiger partial charge is 0.395 e. The summed E-state index contributed by atoms with van der Waals surface area (Å²) in [5.74, 6) is 0.736. The molecule has 0 spiro atoms. The lowest BCUT2D eigenvalue weighted by Crippen LogP contribution is -2.42. The molecule has 1 radical (unpaired) electrons. The van der Waals surface area contributed by atoms with Crippen molar-refractivity contribution in [2.75, 3.05) is 13.2 Å². The van der Waals surface area contributed by atoms with Gasteiger partial charge in [-0.1, -0.05) is 62.4 Å². The Labute approximate surface area is 140 Å². The Morgan fingerprint density at radius 3 is 2.26 bits per heavy atom. The third kappa shape index (κ3) is 7.00. The van der Waals surface area contributed by atoms with Gasteiger partial charge in [0.2, 0.25) is 0 Å². The minimum absolute atomic E-state index is 0.0149. The molecule has 1 aromatic rings. The number of hydrogen-bond donors (Lipinski definition) is 4. The summed E-state index contributed by atoms with van der Waals surface area (Å²) in [6.45, 7) is 2.03. The fourth-order valence-electron chi connectivity index (χ4n) is 3.38. The van der Waals surface area contributed by atoms with Crippen LogP contribution in [0, 0.1) is 12.6 Å². The maximum atomic E-state index is 9.55. The molecule has 1 aromatic carbocycles. The van der Waals surface area contributed by atoms with Crippen LogP contribution in [0.5, 0.6) is 0 Å². The van der Waals surface area contributed by atoms with Gasteiger partial charge in [-0.25, -0.2) is 0 Å². The zero-order valence-corrected chi connectivity index (χ0v) is 14.0. The Bertz CT molecular complexity index is 407. The van der Waals surface area contributed by atoms with Gasteiger partial charge < -0.3 is 10.2 Å². The van der Waals surface area contributed by atoms with Crippen LogP contribution in [0.1, 0.15) is 44.1 Å². The predicted molar refractivity (Wildman–Crippen MR) is 93.7 cm³/mol. The molecule has 1 aliphatic rings. The fraction of sp³-hybridized carbons (Fsp3) is 0.632. The number of aliphatic hydroxyl groups is 2. The highest BCUT2D eigenvalue weighted by Crippen LogP contribution is 2.27. The minimum atomic E-state index is -0.0149. The first kappa shape index (κ1) is 18.4. The Kier molecular flexibility index (Phi) is 8.61. The minimum Gasteiger partial charge on any atom is -0.395 e. The molecule has 0 amide bonds. The van der Waals surface area contributed by atoms with E-state index in [2.05, 4.69) is 22.8 Å². The summed E-state index contributed by atoms with van der Waals surface area (Å²) < 4.78 is 0. The zero-order chi connectivity index (χ0) is 16.3. The molecule has 0 aliphatic heterocycles. The van der Waals surface area contributed by atoms with E-state index in [1.165, 1.54) is 37.7 Å². The molecule has 0 bridgehead atoms. The van der Waals surface area contributed by atoms with E-state index in [-0.39, 0.29) is 25.3 Å². The molecule has 4 N–H and O–H groups in total. The van der Waals surface area contributed by atoms with E-state index < -0.39 is 0 Å². The van der Waals surface area contributed by atoms with Crippen molar-refractivity contribution in [2.24, 2.45) is 5.92 Å². The molecular formula is C19H31N2O2. The molecule has 0 aromatic heterocycles. The first-order chi connectivity index (χ1) is 11.3. The van der Waals surface area contributed by atoms with Crippen molar-refractivity contribution in [3.63, 3.8) is 0 Å². The van der Waals surface area contributed by atoms with E-state index in [0.717, 1.165) is 18.8 Å². The summed E-state index contributed by atoms with van der Waals surface area (Å²) in [7, 11) is 0. The molecule has 0 saturated heterocycles. The van der Waals surface area contributed by atoms with Crippen LogP contribution in [0.2, 0.25) is 0 Å². The second kappa shape index (κ2) is 10.8. The smallest absolute Gasteiger partial charge is 0.0872 e. The van der Waals surface area contributed by atoms with E-state index in [4.69, 9.17) is 0 Å². The highest BCUT2D eigenvalue weighted by atomic mass is 16.3. The molecule has 0 heterocycles. The molecule has 4 heteroatoms. The number of benzene rings is 1. The van der Waals surface area contributed by atoms with Crippen molar-refractivity contribution in [1.29, 1.82) is 0 Å². The number of nitrogens with one attached hydrogen (secondary N) is 2. The van der Waals surface area contributed by atoms with Crippen molar-refractivity contribution in [2.45, 2.75) is 57.0 Å². The molecule has 129 valence electrons. The quantitative estimate of drug-likeness (QED) is 0.534. The zero-order valence-electron chi connectivity index (χ0n) is 14.0. The molecule has 1 fully saturated rings. The van der Waals surface area contributed by atoms with Gasteiger partial charge in [0.05, 0.1) is 19.9 Å². The normalized spacial score (nSPS) is 18.7. The Balaban J connectivity index is 1.68. The van der Waals surface area contributed by atoms with Gasteiger partial charge in [-0.3, -0.25) is 10.6 Å². The second-order valence-corrected chi connectivity index (χ2v) is 6.67. The van der Waals surface area contributed by atoms with Crippen LogP contribution >= 0.6 is 0 Å². The molecule has 1 aliphatic carbocycles. The molecule has 2 rings (SSSR count). The maximum Gasteiger partial charge on any atom is 0.0872 e. The highest BCUT2D eigenvalue weighted by molar-refractivity contribution is 5.15. The number of rotatable bonds is 10. The maximum absolute atomic E-state index is 9.55. The van der Waals surface area contributed by atoms with E-state index in [0.29, 0.717) is 0 Å². The van der Waals surface area contributed by atoms with Gasteiger partial charge in [0.15, 0.2) is 0 Å². The number of hydrogen-bond acceptors (Lipinski definition) is 4.